The molecule has 0 saturated carbocycles. The minimum Gasteiger partial charge on any atom is -0.463 e. The van der Waals surface area contributed by atoms with E-state index in [4.69, 9.17) is 16.3 Å². The van der Waals surface area contributed by atoms with E-state index in [9.17, 15) is 0 Å². The van der Waals surface area contributed by atoms with Gasteiger partial charge in [0.25, 0.3) is 0 Å². The molecule has 0 bridgehead atoms. The number of ether oxygens (including phenoxy) is 1. The van der Waals surface area contributed by atoms with Crippen LogP contribution in [0.5, 0.6) is 6.01 Å². The fourth-order valence-corrected chi connectivity index (χ4v) is 2.16. The third-order valence-electron chi connectivity index (χ3n) is 3.14. The molecular formula is C13H21ClN4O. The number of nitrogens with zero attached hydrogens (tertiary/aromatic N) is 4. The Labute approximate surface area is 119 Å². The summed E-state index contributed by atoms with van der Waals surface area (Å²) in [6.07, 6.45) is 4.59. The fourth-order valence-electron chi connectivity index (χ4n) is 2.01. The number of anilines is 1. The molecule has 106 valence electrons. The van der Waals surface area contributed by atoms with Gasteiger partial charge in [-0.25, -0.2) is 0 Å². The molecule has 1 aromatic heterocycles. The van der Waals surface area contributed by atoms with E-state index < -0.39 is 0 Å². The van der Waals surface area contributed by atoms with Crippen molar-refractivity contribution in [1.29, 1.82) is 0 Å². The van der Waals surface area contributed by atoms with E-state index in [1.807, 2.05) is 0 Å². The Kier molecular flexibility index (Phi) is 5.19. The van der Waals surface area contributed by atoms with E-state index in [1.165, 1.54) is 19.3 Å². The Morgan fingerprint density at radius 1 is 1.16 bits per heavy atom. The molecule has 1 fully saturated rings. The van der Waals surface area contributed by atoms with Crippen LogP contribution in [-0.2, 0) is 0 Å². The van der Waals surface area contributed by atoms with Crippen LogP contribution in [0.2, 0.25) is 5.28 Å². The van der Waals surface area contributed by atoms with Crippen LogP contribution in [0.15, 0.2) is 0 Å². The highest BCUT2D eigenvalue weighted by molar-refractivity contribution is 6.28. The smallest absolute Gasteiger partial charge is 0.322 e. The highest BCUT2D eigenvalue weighted by Crippen LogP contribution is 2.19. The van der Waals surface area contributed by atoms with E-state index in [-0.39, 0.29) is 5.28 Å². The molecule has 0 radical (unpaired) electrons. The molecule has 19 heavy (non-hydrogen) atoms. The van der Waals surface area contributed by atoms with Gasteiger partial charge in [0.2, 0.25) is 11.2 Å². The number of hydrogen-bond donors (Lipinski definition) is 0. The highest BCUT2D eigenvalue weighted by atomic mass is 35.5. The minimum absolute atomic E-state index is 0.204. The van der Waals surface area contributed by atoms with Gasteiger partial charge < -0.3 is 9.64 Å². The van der Waals surface area contributed by atoms with Crippen molar-refractivity contribution in [3.8, 4) is 6.01 Å². The summed E-state index contributed by atoms with van der Waals surface area (Å²) in [6, 6.07) is 0.334. The molecule has 5 nitrogen and oxygen atoms in total. The number of halogens is 1. The molecule has 0 N–H and O–H groups in total. The van der Waals surface area contributed by atoms with Gasteiger partial charge in [-0.1, -0.05) is 13.8 Å². The predicted octanol–water partition coefficient (Wildman–Crippen LogP) is 2.94. The van der Waals surface area contributed by atoms with Crippen LogP contribution in [0, 0.1) is 5.92 Å². The van der Waals surface area contributed by atoms with Gasteiger partial charge in [-0.15, -0.1) is 0 Å². The maximum absolute atomic E-state index is 5.94. The summed E-state index contributed by atoms with van der Waals surface area (Å²) in [7, 11) is 0. The molecule has 2 rings (SSSR count). The molecule has 0 unspecified atom stereocenters. The van der Waals surface area contributed by atoms with Crippen LogP contribution in [0.25, 0.3) is 0 Å². The Bertz CT molecular complexity index is 408. The predicted molar refractivity (Wildman–Crippen MR) is 75.9 cm³/mol. The molecule has 0 atom stereocenters. The van der Waals surface area contributed by atoms with Gasteiger partial charge in [0, 0.05) is 13.1 Å². The minimum atomic E-state index is 0.204. The second kappa shape index (κ2) is 6.89. The van der Waals surface area contributed by atoms with Gasteiger partial charge in [-0.2, -0.15) is 15.0 Å². The Morgan fingerprint density at radius 2 is 1.89 bits per heavy atom. The second-order valence-electron chi connectivity index (χ2n) is 5.27. The van der Waals surface area contributed by atoms with E-state index in [0.717, 1.165) is 19.5 Å². The summed E-state index contributed by atoms with van der Waals surface area (Å²) in [5, 5.41) is 0.204. The van der Waals surface area contributed by atoms with Crippen LogP contribution in [-0.4, -0.2) is 34.6 Å². The van der Waals surface area contributed by atoms with Crippen molar-refractivity contribution >= 4 is 17.5 Å². The standard InChI is InChI=1S/C13H21ClN4O/c1-10(2)6-9-19-13-16-11(14)15-12(17-13)18-7-4-3-5-8-18/h10H,3-9H2,1-2H3. The maximum atomic E-state index is 5.94. The molecule has 0 aliphatic carbocycles. The normalized spacial score (nSPS) is 15.9. The maximum Gasteiger partial charge on any atom is 0.322 e. The average Bonchev–Trinajstić information content (AvgIpc) is 2.39. The number of rotatable bonds is 5. The summed E-state index contributed by atoms with van der Waals surface area (Å²) in [4.78, 5) is 14.7. The van der Waals surface area contributed by atoms with E-state index in [1.54, 1.807) is 0 Å². The van der Waals surface area contributed by atoms with Crippen LogP contribution in [0.3, 0.4) is 0 Å². The second-order valence-corrected chi connectivity index (χ2v) is 5.60. The van der Waals surface area contributed by atoms with E-state index >= 15 is 0 Å². The third-order valence-corrected chi connectivity index (χ3v) is 3.31. The lowest BCUT2D eigenvalue weighted by Crippen LogP contribution is -2.31. The Hall–Kier alpha value is -1.10. The SMILES string of the molecule is CC(C)CCOc1nc(Cl)nc(N2CCCCC2)n1. The van der Waals surface area contributed by atoms with Crippen molar-refractivity contribution in [2.45, 2.75) is 39.5 Å². The van der Waals surface area contributed by atoms with E-state index in [0.29, 0.717) is 24.5 Å². The molecule has 6 heteroatoms. The first-order chi connectivity index (χ1) is 9.15. The van der Waals surface area contributed by atoms with Crippen LogP contribution < -0.4 is 9.64 Å². The van der Waals surface area contributed by atoms with Crippen LogP contribution >= 0.6 is 11.6 Å². The van der Waals surface area contributed by atoms with Gasteiger partial charge in [0.05, 0.1) is 6.61 Å². The molecular weight excluding hydrogens is 264 g/mol. The van der Waals surface area contributed by atoms with Crippen LogP contribution in [0.4, 0.5) is 5.95 Å². The van der Waals surface area contributed by atoms with Crippen molar-refractivity contribution in [3.63, 3.8) is 0 Å². The zero-order valence-corrected chi connectivity index (χ0v) is 12.4. The zero-order chi connectivity index (χ0) is 13.7. The monoisotopic (exact) mass is 284 g/mol. The Morgan fingerprint density at radius 3 is 2.58 bits per heavy atom. The summed E-state index contributed by atoms with van der Waals surface area (Å²) < 4.78 is 5.56. The molecule has 1 aliphatic heterocycles. The van der Waals surface area contributed by atoms with Gasteiger partial charge in [-0.05, 0) is 43.2 Å². The number of aromatic nitrogens is 3. The zero-order valence-electron chi connectivity index (χ0n) is 11.6. The topological polar surface area (TPSA) is 51.1 Å². The third kappa shape index (κ3) is 4.49. The van der Waals surface area contributed by atoms with Crippen molar-refractivity contribution in [3.05, 3.63) is 5.28 Å². The highest BCUT2D eigenvalue weighted by Gasteiger charge is 2.16. The molecule has 0 amide bonds. The lowest BCUT2D eigenvalue weighted by Gasteiger charge is -2.26. The molecule has 0 spiro atoms. The molecule has 1 aliphatic rings. The van der Waals surface area contributed by atoms with Crippen molar-refractivity contribution < 1.29 is 4.74 Å². The lowest BCUT2D eigenvalue weighted by molar-refractivity contribution is 0.267. The van der Waals surface area contributed by atoms with Gasteiger partial charge in [-0.3, -0.25) is 0 Å². The quantitative estimate of drug-likeness (QED) is 0.832. The first-order valence-corrected chi connectivity index (χ1v) is 7.32. The molecule has 0 aromatic carbocycles. The summed E-state index contributed by atoms with van der Waals surface area (Å²) in [6.45, 7) is 6.88. The molecule has 1 saturated heterocycles. The number of hydrogen-bond acceptors (Lipinski definition) is 5. The fraction of sp³-hybridized carbons (Fsp3) is 0.769. The molecule has 2 heterocycles. The summed E-state index contributed by atoms with van der Waals surface area (Å²) in [5.74, 6) is 1.23. The van der Waals surface area contributed by atoms with Gasteiger partial charge >= 0.3 is 6.01 Å². The lowest BCUT2D eigenvalue weighted by atomic mass is 10.1. The summed E-state index contributed by atoms with van der Waals surface area (Å²) in [5.41, 5.74) is 0. The van der Waals surface area contributed by atoms with Crippen molar-refractivity contribution in [2.24, 2.45) is 5.92 Å². The van der Waals surface area contributed by atoms with Crippen molar-refractivity contribution in [1.82, 2.24) is 15.0 Å². The Balaban J connectivity index is 2.01. The van der Waals surface area contributed by atoms with Gasteiger partial charge in [0.1, 0.15) is 0 Å². The first kappa shape index (κ1) is 14.3. The van der Waals surface area contributed by atoms with Gasteiger partial charge in [0.15, 0.2) is 0 Å². The van der Waals surface area contributed by atoms with Crippen molar-refractivity contribution in [2.75, 3.05) is 24.6 Å². The number of piperidine rings is 1. The molecule has 1 aromatic rings. The summed E-state index contributed by atoms with van der Waals surface area (Å²) >= 11 is 5.94. The average molecular weight is 285 g/mol. The van der Waals surface area contributed by atoms with Crippen LogP contribution in [0.1, 0.15) is 39.5 Å². The first-order valence-electron chi connectivity index (χ1n) is 6.94. The largest absolute Gasteiger partial charge is 0.463 e. The van der Waals surface area contributed by atoms with E-state index in [2.05, 4.69) is 33.7 Å².